The smallest absolute Gasteiger partial charge is 0.246 e. The third kappa shape index (κ3) is 3.02. The Hall–Kier alpha value is -0.820. The molecule has 1 aromatic carbocycles. The van der Waals surface area contributed by atoms with Crippen molar-refractivity contribution in [3.05, 3.63) is 23.2 Å². The van der Waals surface area contributed by atoms with Gasteiger partial charge in [0.25, 0.3) is 0 Å². The molecule has 1 aromatic rings. The van der Waals surface area contributed by atoms with Crippen molar-refractivity contribution in [2.75, 3.05) is 26.7 Å². The number of benzene rings is 1. The van der Waals surface area contributed by atoms with E-state index in [2.05, 4.69) is 5.32 Å². The SMILES string of the molecule is COc1cc(Cl)ccc1S(=O)(=O)N1CCN[C@H](C)C1. The van der Waals surface area contributed by atoms with E-state index < -0.39 is 10.0 Å². The summed E-state index contributed by atoms with van der Waals surface area (Å²) in [5, 5.41) is 3.66. The van der Waals surface area contributed by atoms with E-state index in [-0.39, 0.29) is 16.7 Å². The molecule has 1 aliphatic heterocycles. The zero-order chi connectivity index (χ0) is 14.0. The van der Waals surface area contributed by atoms with Crippen molar-refractivity contribution >= 4 is 21.6 Å². The fourth-order valence-electron chi connectivity index (χ4n) is 2.11. The average molecular weight is 305 g/mol. The summed E-state index contributed by atoms with van der Waals surface area (Å²) in [5.41, 5.74) is 0. The molecule has 1 N–H and O–H groups in total. The lowest BCUT2D eigenvalue weighted by molar-refractivity contribution is 0.308. The van der Waals surface area contributed by atoms with E-state index in [4.69, 9.17) is 16.3 Å². The molecule has 19 heavy (non-hydrogen) atoms. The lowest BCUT2D eigenvalue weighted by atomic mass is 10.3. The highest BCUT2D eigenvalue weighted by Gasteiger charge is 2.30. The minimum absolute atomic E-state index is 0.141. The van der Waals surface area contributed by atoms with Gasteiger partial charge >= 0.3 is 0 Å². The summed E-state index contributed by atoms with van der Waals surface area (Å²) in [5.74, 6) is 0.277. The largest absolute Gasteiger partial charge is 0.495 e. The van der Waals surface area contributed by atoms with Gasteiger partial charge in [0.2, 0.25) is 10.0 Å². The third-order valence-corrected chi connectivity index (χ3v) is 5.21. The minimum atomic E-state index is -3.54. The number of nitrogens with zero attached hydrogens (tertiary/aromatic N) is 1. The van der Waals surface area contributed by atoms with Gasteiger partial charge in [-0.05, 0) is 19.1 Å². The van der Waals surface area contributed by atoms with Crippen LogP contribution >= 0.6 is 11.6 Å². The average Bonchev–Trinajstić information content (AvgIpc) is 2.38. The van der Waals surface area contributed by atoms with Crippen LogP contribution in [-0.4, -0.2) is 45.5 Å². The van der Waals surface area contributed by atoms with Gasteiger partial charge in [0.15, 0.2) is 0 Å². The molecular weight excluding hydrogens is 288 g/mol. The zero-order valence-electron chi connectivity index (χ0n) is 10.9. The molecule has 0 unspecified atom stereocenters. The van der Waals surface area contributed by atoms with Crippen molar-refractivity contribution < 1.29 is 13.2 Å². The van der Waals surface area contributed by atoms with Crippen LogP contribution in [0.4, 0.5) is 0 Å². The van der Waals surface area contributed by atoms with Crippen LogP contribution in [0.15, 0.2) is 23.1 Å². The minimum Gasteiger partial charge on any atom is -0.495 e. The fraction of sp³-hybridized carbons (Fsp3) is 0.500. The van der Waals surface area contributed by atoms with Crippen molar-refractivity contribution in [3.8, 4) is 5.75 Å². The Morgan fingerprint density at radius 2 is 2.21 bits per heavy atom. The molecule has 106 valence electrons. The van der Waals surface area contributed by atoms with E-state index in [0.717, 1.165) is 0 Å². The summed E-state index contributed by atoms with van der Waals surface area (Å²) in [7, 11) is -2.11. The van der Waals surface area contributed by atoms with Crippen LogP contribution in [-0.2, 0) is 10.0 Å². The maximum Gasteiger partial charge on any atom is 0.246 e. The highest BCUT2D eigenvalue weighted by atomic mass is 35.5. The maximum absolute atomic E-state index is 12.6. The van der Waals surface area contributed by atoms with Crippen molar-refractivity contribution in [1.29, 1.82) is 0 Å². The molecule has 0 radical (unpaired) electrons. The van der Waals surface area contributed by atoms with E-state index >= 15 is 0 Å². The first-order valence-corrected chi connectivity index (χ1v) is 7.84. The molecule has 0 aliphatic carbocycles. The predicted molar refractivity (Wildman–Crippen MR) is 74.2 cm³/mol. The first-order chi connectivity index (χ1) is 8.95. The Morgan fingerprint density at radius 1 is 1.47 bits per heavy atom. The van der Waals surface area contributed by atoms with E-state index in [0.29, 0.717) is 24.7 Å². The molecule has 0 amide bonds. The Bertz CT molecular complexity index is 562. The van der Waals surface area contributed by atoms with Gasteiger partial charge < -0.3 is 10.1 Å². The fourth-order valence-corrected chi connectivity index (χ4v) is 3.94. The lowest BCUT2D eigenvalue weighted by Crippen LogP contribution is -2.51. The first-order valence-electron chi connectivity index (χ1n) is 6.02. The summed E-state index contributed by atoms with van der Waals surface area (Å²) in [6.07, 6.45) is 0. The van der Waals surface area contributed by atoms with E-state index in [1.165, 1.54) is 23.5 Å². The standard InChI is InChI=1S/C12H17ClN2O3S/c1-9-8-15(6-5-14-9)19(16,17)12-4-3-10(13)7-11(12)18-2/h3-4,7,9,14H,5-6,8H2,1-2H3/t9-/m1/s1. The molecule has 0 aromatic heterocycles. The van der Waals surface area contributed by atoms with Crippen molar-refractivity contribution in [3.63, 3.8) is 0 Å². The number of methoxy groups -OCH3 is 1. The monoisotopic (exact) mass is 304 g/mol. The number of halogens is 1. The van der Waals surface area contributed by atoms with Crippen LogP contribution in [0.3, 0.4) is 0 Å². The predicted octanol–water partition coefficient (Wildman–Crippen LogP) is 1.33. The molecule has 5 nitrogen and oxygen atoms in total. The highest BCUT2D eigenvalue weighted by Crippen LogP contribution is 2.29. The number of sulfonamides is 1. The van der Waals surface area contributed by atoms with Gasteiger partial charge in [-0.2, -0.15) is 4.31 Å². The molecule has 1 fully saturated rings. The number of piperazine rings is 1. The van der Waals surface area contributed by atoms with Crippen molar-refractivity contribution in [1.82, 2.24) is 9.62 Å². The molecule has 1 saturated heterocycles. The van der Waals surface area contributed by atoms with Gasteiger partial charge in [-0.25, -0.2) is 8.42 Å². The number of hydrogen-bond acceptors (Lipinski definition) is 4. The Labute approximate surface area is 118 Å². The Kier molecular flexibility index (Phi) is 4.35. The normalized spacial score (nSPS) is 21.3. The second-order valence-electron chi connectivity index (χ2n) is 4.51. The molecule has 0 bridgehead atoms. The number of rotatable bonds is 3. The van der Waals surface area contributed by atoms with Crippen LogP contribution < -0.4 is 10.1 Å². The molecule has 1 atom stereocenters. The quantitative estimate of drug-likeness (QED) is 0.915. The van der Waals surface area contributed by atoms with Gasteiger partial charge in [-0.1, -0.05) is 11.6 Å². The van der Waals surface area contributed by atoms with Crippen LogP contribution in [0.2, 0.25) is 5.02 Å². The topological polar surface area (TPSA) is 58.6 Å². The van der Waals surface area contributed by atoms with Crippen LogP contribution in [0.25, 0.3) is 0 Å². The molecule has 1 heterocycles. The Morgan fingerprint density at radius 3 is 2.84 bits per heavy atom. The molecular formula is C12H17ClN2O3S. The van der Waals surface area contributed by atoms with Gasteiger partial charge in [0.05, 0.1) is 7.11 Å². The summed E-state index contributed by atoms with van der Waals surface area (Å²) in [6.45, 7) is 3.52. The summed E-state index contributed by atoms with van der Waals surface area (Å²) >= 11 is 5.86. The van der Waals surface area contributed by atoms with E-state index in [1.54, 1.807) is 6.07 Å². The van der Waals surface area contributed by atoms with E-state index in [9.17, 15) is 8.42 Å². The summed E-state index contributed by atoms with van der Waals surface area (Å²) in [6, 6.07) is 4.70. The van der Waals surface area contributed by atoms with Gasteiger partial charge in [0, 0.05) is 36.8 Å². The highest BCUT2D eigenvalue weighted by molar-refractivity contribution is 7.89. The van der Waals surface area contributed by atoms with Crippen LogP contribution in [0.1, 0.15) is 6.92 Å². The Balaban J connectivity index is 2.39. The van der Waals surface area contributed by atoms with Crippen LogP contribution in [0.5, 0.6) is 5.75 Å². The maximum atomic E-state index is 12.6. The third-order valence-electron chi connectivity index (χ3n) is 3.07. The van der Waals surface area contributed by atoms with E-state index in [1.807, 2.05) is 6.92 Å². The molecule has 2 rings (SSSR count). The number of hydrogen-bond donors (Lipinski definition) is 1. The van der Waals surface area contributed by atoms with Gasteiger partial charge in [0.1, 0.15) is 10.6 Å². The zero-order valence-corrected chi connectivity index (χ0v) is 12.5. The van der Waals surface area contributed by atoms with Crippen molar-refractivity contribution in [2.24, 2.45) is 0 Å². The molecule has 0 spiro atoms. The summed E-state index contributed by atoms with van der Waals surface area (Å²) < 4.78 is 31.8. The first kappa shape index (κ1) is 14.6. The van der Waals surface area contributed by atoms with Gasteiger partial charge in [-0.15, -0.1) is 0 Å². The van der Waals surface area contributed by atoms with Crippen LogP contribution in [0, 0.1) is 0 Å². The van der Waals surface area contributed by atoms with Crippen molar-refractivity contribution in [2.45, 2.75) is 17.9 Å². The second kappa shape index (κ2) is 5.66. The molecule has 7 heteroatoms. The number of ether oxygens (including phenoxy) is 1. The lowest BCUT2D eigenvalue weighted by Gasteiger charge is -2.31. The molecule has 0 saturated carbocycles. The van der Waals surface area contributed by atoms with Gasteiger partial charge in [-0.3, -0.25) is 0 Å². The number of nitrogens with one attached hydrogen (secondary N) is 1. The molecule has 1 aliphatic rings. The second-order valence-corrected chi connectivity index (χ2v) is 6.86. The summed E-state index contributed by atoms with van der Waals surface area (Å²) in [4.78, 5) is 0.161.